The Morgan fingerprint density at radius 2 is 2.05 bits per heavy atom. The Balaban J connectivity index is 1.72. The Morgan fingerprint density at radius 1 is 1.30 bits per heavy atom. The molecule has 1 aromatic carbocycles. The summed E-state index contributed by atoms with van der Waals surface area (Å²) in [6, 6.07) is 7.93. The van der Waals surface area contributed by atoms with Crippen molar-refractivity contribution in [3.63, 3.8) is 0 Å². The largest absolute Gasteiger partial charge is 0.374 e. The van der Waals surface area contributed by atoms with E-state index in [-0.39, 0.29) is 6.10 Å². The van der Waals surface area contributed by atoms with Gasteiger partial charge in [0.25, 0.3) is 0 Å². The van der Waals surface area contributed by atoms with E-state index in [0.717, 1.165) is 48.8 Å². The third kappa shape index (κ3) is 2.89. The van der Waals surface area contributed by atoms with E-state index in [1.54, 1.807) is 0 Å². The maximum atomic E-state index is 5.75. The van der Waals surface area contributed by atoms with E-state index in [4.69, 9.17) is 4.74 Å². The van der Waals surface area contributed by atoms with Crippen LogP contribution in [0.5, 0.6) is 0 Å². The van der Waals surface area contributed by atoms with Crippen molar-refractivity contribution in [2.45, 2.75) is 13.0 Å². The molecule has 1 saturated heterocycles. The fourth-order valence-electron chi connectivity index (χ4n) is 2.46. The van der Waals surface area contributed by atoms with Gasteiger partial charge in [-0.05, 0) is 26.1 Å². The zero-order chi connectivity index (χ0) is 13.9. The molecule has 0 aliphatic carbocycles. The number of hydrogen-bond donors (Lipinski definition) is 1. The SMILES string of the molecule is Cc1nc2ccccc2nc1NC[C@@H]1CN(C)CCO1. The maximum Gasteiger partial charge on any atom is 0.148 e. The Labute approximate surface area is 119 Å². The molecular formula is C15H20N4O. The van der Waals surface area contributed by atoms with E-state index < -0.39 is 0 Å². The maximum absolute atomic E-state index is 5.75. The molecule has 0 bridgehead atoms. The number of hydrogen-bond acceptors (Lipinski definition) is 5. The van der Waals surface area contributed by atoms with Crippen molar-refractivity contribution in [1.82, 2.24) is 14.9 Å². The second-order valence-electron chi connectivity index (χ2n) is 5.28. The van der Waals surface area contributed by atoms with Gasteiger partial charge in [-0.25, -0.2) is 9.97 Å². The molecule has 5 heteroatoms. The molecule has 0 unspecified atom stereocenters. The van der Waals surface area contributed by atoms with Crippen molar-refractivity contribution in [2.75, 3.05) is 38.6 Å². The van der Waals surface area contributed by atoms with E-state index >= 15 is 0 Å². The molecule has 0 amide bonds. The minimum absolute atomic E-state index is 0.210. The lowest BCUT2D eigenvalue weighted by atomic mass is 10.2. The van der Waals surface area contributed by atoms with Gasteiger partial charge in [0.1, 0.15) is 5.82 Å². The quantitative estimate of drug-likeness (QED) is 0.921. The van der Waals surface area contributed by atoms with E-state index in [1.807, 2.05) is 31.2 Å². The smallest absolute Gasteiger partial charge is 0.148 e. The summed E-state index contributed by atoms with van der Waals surface area (Å²) in [5.41, 5.74) is 2.78. The summed E-state index contributed by atoms with van der Waals surface area (Å²) in [6.45, 7) is 5.50. The van der Waals surface area contributed by atoms with Crippen LogP contribution < -0.4 is 5.32 Å². The van der Waals surface area contributed by atoms with Gasteiger partial charge in [-0.1, -0.05) is 12.1 Å². The van der Waals surface area contributed by atoms with Gasteiger partial charge >= 0.3 is 0 Å². The van der Waals surface area contributed by atoms with Crippen LogP contribution in [0.1, 0.15) is 5.69 Å². The molecule has 2 aromatic rings. The van der Waals surface area contributed by atoms with Crippen LogP contribution in [0.3, 0.4) is 0 Å². The zero-order valence-electron chi connectivity index (χ0n) is 12.0. The summed E-state index contributed by atoms with van der Waals surface area (Å²) in [4.78, 5) is 11.5. The van der Waals surface area contributed by atoms with Crippen LogP contribution in [0.4, 0.5) is 5.82 Å². The predicted molar refractivity (Wildman–Crippen MR) is 80.0 cm³/mol. The molecule has 106 valence electrons. The van der Waals surface area contributed by atoms with E-state index in [1.165, 1.54) is 0 Å². The van der Waals surface area contributed by atoms with Crippen LogP contribution in [0.2, 0.25) is 0 Å². The number of anilines is 1. The van der Waals surface area contributed by atoms with E-state index in [0.29, 0.717) is 0 Å². The van der Waals surface area contributed by atoms with Gasteiger partial charge in [0.2, 0.25) is 0 Å². The van der Waals surface area contributed by atoms with Gasteiger partial charge in [-0.2, -0.15) is 0 Å². The summed E-state index contributed by atoms with van der Waals surface area (Å²) in [6.07, 6.45) is 0.210. The van der Waals surface area contributed by atoms with Gasteiger partial charge < -0.3 is 15.0 Å². The molecule has 0 radical (unpaired) electrons. The lowest BCUT2D eigenvalue weighted by molar-refractivity contribution is -0.0117. The highest BCUT2D eigenvalue weighted by molar-refractivity contribution is 5.76. The number of morpholine rings is 1. The summed E-state index contributed by atoms with van der Waals surface area (Å²) in [5.74, 6) is 0.848. The van der Waals surface area contributed by atoms with Crippen molar-refractivity contribution >= 4 is 16.9 Å². The normalized spacial score (nSPS) is 20.2. The number of nitrogens with zero attached hydrogens (tertiary/aromatic N) is 3. The molecule has 2 heterocycles. The lowest BCUT2D eigenvalue weighted by Crippen LogP contribution is -2.43. The van der Waals surface area contributed by atoms with E-state index in [9.17, 15) is 0 Å². The molecule has 5 nitrogen and oxygen atoms in total. The van der Waals surface area contributed by atoms with Crippen molar-refractivity contribution < 1.29 is 4.74 Å². The average molecular weight is 272 g/mol. The highest BCUT2D eigenvalue weighted by Crippen LogP contribution is 2.16. The minimum Gasteiger partial charge on any atom is -0.374 e. The zero-order valence-corrected chi connectivity index (χ0v) is 12.0. The third-order valence-electron chi connectivity index (χ3n) is 3.58. The van der Waals surface area contributed by atoms with Gasteiger partial charge in [0.05, 0.1) is 29.4 Å². The second-order valence-corrected chi connectivity index (χ2v) is 5.28. The van der Waals surface area contributed by atoms with Gasteiger partial charge in [-0.3, -0.25) is 0 Å². The molecule has 0 saturated carbocycles. The summed E-state index contributed by atoms with van der Waals surface area (Å²) < 4.78 is 5.75. The Hall–Kier alpha value is -1.72. The molecule has 1 fully saturated rings. The van der Waals surface area contributed by atoms with Crippen LogP contribution in [0, 0.1) is 6.92 Å². The average Bonchev–Trinajstić information content (AvgIpc) is 2.45. The molecule has 3 rings (SSSR count). The Morgan fingerprint density at radius 3 is 2.80 bits per heavy atom. The fraction of sp³-hybridized carbons (Fsp3) is 0.467. The van der Waals surface area contributed by atoms with Crippen molar-refractivity contribution in [3.05, 3.63) is 30.0 Å². The first-order chi connectivity index (χ1) is 9.72. The number of likely N-dealkylation sites (N-methyl/N-ethyl adjacent to an activating group) is 1. The molecule has 1 N–H and O–H groups in total. The minimum atomic E-state index is 0.210. The van der Waals surface area contributed by atoms with Crippen LogP contribution in [-0.2, 0) is 4.74 Å². The number of aromatic nitrogens is 2. The van der Waals surface area contributed by atoms with Crippen LogP contribution in [0.25, 0.3) is 11.0 Å². The van der Waals surface area contributed by atoms with Gasteiger partial charge in [0, 0.05) is 19.6 Å². The highest BCUT2D eigenvalue weighted by Gasteiger charge is 2.17. The van der Waals surface area contributed by atoms with Crippen LogP contribution in [0.15, 0.2) is 24.3 Å². The third-order valence-corrected chi connectivity index (χ3v) is 3.58. The number of ether oxygens (including phenoxy) is 1. The topological polar surface area (TPSA) is 50.3 Å². The number of rotatable bonds is 3. The number of para-hydroxylation sites is 2. The molecule has 20 heavy (non-hydrogen) atoms. The van der Waals surface area contributed by atoms with E-state index in [2.05, 4.69) is 27.2 Å². The van der Waals surface area contributed by atoms with Crippen LogP contribution >= 0.6 is 0 Å². The van der Waals surface area contributed by atoms with Crippen molar-refractivity contribution in [3.8, 4) is 0 Å². The highest BCUT2D eigenvalue weighted by atomic mass is 16.5. The lowest BCUT2D eigenvalue weighted by Gasteiger charge is -2.30. The predicted octanol–water partition coefficient (Wildman–Crippen LogP) is 1.68. The molecule has 1 aliphatic rings. The van der Waals surface area contributed by atoms with Gasteiger partial charge in [-0.15, -0.1) is 0 Å². The summed E-state index contributed by atoms with van der Waals surface area (Å²) in [5, 5.41) is 3.37. The Bertz CT molecular complexity index is 601. The number of nitrogens with one attached hydrogen (secondary N) is 1. The second kappa shape index (κ2) is 5.73. The monoisotopic (exact) mass is 272 g/mol. The number of aryl methyl sites for hydroxylation is 1. The van der Waals surface area contributed by atoms with Crippen molar-refractivity contribution in [1.29, 1.82) is 0 Å². The number of benzene rings is 1. The summed E-state index contributed by atoms with van der Waals surface area (Å²) in [7, 11) is 2.12. The Kier molecular flexibility index (Phi) is 3.80. The molecule has 1 aliphatic heterocycles. The van der Waals surface area contributed by atoms with Crippen molar-refractivity contribution in [2.24, 2.45) is 0 Å². The first-order valence-electron chi connectivity index (χ1n) is 7.00. The van der Waals surface area contributed by atoms with Gasteiger partial charge in [0.15, 0.2) is 0 Å². The summed E-state index contributed by atoms with van der Waals surface area (Å²) >= 11 is 0. The first kappa shape index (κ1) is 13.3. The fourth-order valence-corrected chi connectivity index (χ4v) is 2.46. The first-order valence-corrected chi connectivity index (χ1v) is 7.00. The van der Waals surface area contributed by atoms with Crippen LogP contribution in [-0.4, -0.2) is 54.3 Å². The molecule has 1 atom stereocenters. The molecule has 0 spiro atoms. The number of fused-ring (bicyclic) bond motifs is 1. The molecular weight excluding hydrogens is 252 g/mol. The molecule has 1 aromatic heterocycles. The standard InChI is InChI=1S/C15H20N4O/c1-11-15(16-9-12-10-19(2)7-8-20-12)18-14-6-4-3-5-13(14)17-11/h3-6,12H,7-10H2,1-2H3,(H,16,18)/t12-/m1/s1.